The first-order valence-corrected chi connectivity index (χ1v) is 12.8. The van der Waals surface area contributed by atoms with Crippen LogP contribution in [0.25, 0.3) is 5.57 Å². The molecule has 0 amide bonds. The molecule has 1 nitrogen and oxygen atoms in total. The fourth-order valence-electron chi connectivity index (χ4n) is 4.81. The van der Waals surface area contributed by atoms with Crippen LogP contribution in [0.3, 0.4) is 0 Å². The molecule has 35 heavy (non-hydrogen) atoms. The highest BCUT2D eigenvalue weighted by Gasteiger charge is 2.15. The van der Waals surface area contributed by atoms with Crippen LogP contribution in [-0.4, -0.2) is 5.71 Å². The summed E-state index contributed by atoms with van der Waals surface area (Å²) in [7, 11) is 0. The Morgan fingerprint density at radius 2 is 1.83 bits per heavy atom. The van der Waals surface area contributed by atoms with Crippen molar-refractivity contribution < 1.29 is 0 Å². The molecule has 1 aliphatic carbocycles. The first-order chi connectivity index (χ1) is 17.0. The normalized spacial score (nSPS) is 17.1. The summed E-state index contributed by atoms with van der Waals surface area (Å²) in [6, 6.07) is 17.3. The van der Waals surface area contributed by atoms with Crippen molar-refractivity contribution in [2.45, 2.75) is 58.8 Å². The fourth-order valence-corrected chi connectivity index (χ4v) is 4.81. The zero-order valence-electron chi connectivity index (χ0n) is 21.4. The quantitative estimate of drug-likeness (QED) is 0.349. The minimum atomic E-state index is 0.411. The van der Waals surface area contributed by atoms with Crippen LogP contribution in [0.1, 0.15) is 74.1 Å². The first-order valence-electron chi connectivity index (χ1n) is 12.8. The number of benzene rings is 2. The van der Waals surface area contributed by atoms with E-state index in [2.05, 4.69) is 112 Å². The number of aryl methyl sites for hydroxylation is 1. The molecule has 178 valence electrons. The predicted octanol–water partition coefficient (Wildman–Crippen LogP) is 9.45. The molecule has 1 atom stereocenters. The maximum absolute atomic E-state index is 4.76. The van der Waals surface area contributed by atoms with Gasteiger partial charge in [0.15, 0.2) is 0 Å². The van der Waals surface area contributed by atoms with E-state index in [9.17, 15) is 0 Å². The minimum absolute atomic E-state index is 0.411. The van der Waals surface area contributed by atoms with Gasteiger partial charge in [0.05, 0.1) is 0 Å². The van der Waals surface area contributed by atoms with Crippen LogP contribution in [0.5, 0.6) is 0 Å². The molecule has 2 aromatic rings. The van der Waals surface area contributed by atoms with Gasteiger partial charge < -0.3 is 0 Å². The van der Waals surface area contributed by atoms with Crippen LogP contribution in [-0.2, 0) is 0 Å². The molecule has 0 bridgehead atoms. The monoisotopic (exact) mass is 459 g/mol. The van der Waals surface area contributed by atoms with Crippen molar-refractivity contribution in [3.05, 3.63) is 137 Å². The maximum atomic E-state index is 4.76. The fraction of sp³-hybridized carbons (Fsp3) is 0.265. The standard InChI is InChI=1S/C34H37N/c1-25-21-22-34(35-24-25)33-20-11-10-19-32(33)27(3)14-12-17-30(29-15-6-5-7-16-29)23-28(4)31-18-9-8-13-26(31)2/h6,8-13,15-20,23-24,27H,4-5,7,14,21-22H2,1-3H3/b17-12-,30-23+. The number of allylic oxidation sites excluding steroid dienone is 10. The highest BCUT2D eigenvalue weighted by atomic mass is 14.7. The Balaban J connectivity index is 1.56. The van der Waals surface area contributed by atoms with Gasteiger partial charge in [-0.05, 0) is 96.9 Å². The van der Waals surface area contributed by atoms with E-state index in [4.69, 9.17) is 4.99 Å². The largest absolute Gasteiger partial charge is 0.261 e. The summed E-state index contributed by atoms with van der Waals surface area (Å²) >= 11 is 0. The molecule has 4 rings (SSSR count). The van der Waals surface area contributed by atoms with E-state index in [1.807, 2.05) is 6.20 Å². The third kappa shape index (κ3) is 6.36. The van der Waals surface area contributed by atoms with E-state index in [1.165, 1.54) is 44.7 Å². The van der Waals surface area contributed by atoms with Gasteiger partial charge in [0.2, 0.25) is 0 Å². The van der Waals surface area contributed by atoms with E-state index < -0.39 is 0 Å². The predicted molar refractivity (Wildman–Crippen MR) is 153 cm³/mol. The molecular formula is C34H37N. The molecule has 0 fully saturated rings. The molecule has 2 aliphatic rings. The van der Waals surface area contributed by atoms with E-state index in [0.29, 0.717) is 5.92 Å². The van der Waals surface area contributed by atoms with Gasteiger partial charge in [-0.2, -0.15) is 0 Å². The Hall–Kier alpha value is -3.45. The van der Waals surface area contributed by atoms with Crippen molar-refractivity contribution in [2.24, 2.45) is 4.99 Å². The van der Waals surface area contributed by atoms with Gasteiger partial charge >= 0.3 is 0 Å². The third-order valence-corrected chi connectivity index (χ3v) is 6.94. The lowest BCUT2D eigenvalue weighted by Gasteiger charge is -2.18. The number of hydrogen-bond acceptors (Lipinski definition) is 1. The van der Waals surface area contributed by atoms with Gasteiger partial charge in [-0.15, -0.1) is 0 Å². The van der Waals surface area contributed by atoms with Crippen LogP contribution >= 0.6 is 0 Å². The van der Waals surface area contributed by atoms with E-state index >= 15 is 0 Å². The van der Waals surface area contributed by atoms with Crippen molar-refractivity contribution >= 4 is 11.3 Å². The number of hydrogen-bond donors (Lipinski definition) is 0. The van der Waals surface area contributed by atoms with Gasteiger partial charge in [-0.1, -0.05) is 98.0 Å². The molecule has 2 aromatic carbocycles. The molecule has 0 saturated carbocycles. The van der Waals surface area contributed by atoms with Gasteiger partial charge in [-0.3, -0.25) is 4.99 Å². The SMILES string of the molecule is C=C(/C=C(\C=C/CC(C)c1ccccc1C1=NC=C(C)CC1)C1=CCCC=C1)c1ccccc1C. The Morgan fingerprint density at radius 3 is 2.57 bits per heavy atom. The lowest BCUT2D eigenvalue weighted by Crippen LogP contribution is -2.09. The maximum Gasteiger partial charge on any atom is 0.0481 e. The lowest BCUT2D eigenvalue weighted by molar-refractivity contribution is 0.777. The Bertz CT molecular complexity index is 1260. The lowest BCUT2D eigenvalue weighted by atomic mass is 9.88. The second-order valence-corrected chi connectivity index (χ2v) is 9.76. The first kappa shape index (κ1) is 24.7. The van der Waals surface area contributed by atoms with Crippen molar-refractivity contribution in [1.29, 1.82) is 0 Å². The van der Waals surface area contributed by atoms with E-state index in [-0.39, 0.29) is 0 Å². The topological polar surface area (TPSA) is 12.4 Å². The molecular weight excluding hydrogens is 422 g/mol. The molecule has 0 radical (unpaired) electrons. The van der Waals surface area contributed by atoms with E-state index in [1.54, 1.807) is 0 Å². The molecule has 0 aromatic heterocycles. The second-order valence-electron chi connectivity index (χ2n) is 9.76. The minimum Gasteiger partial charge on any atom is -0.261 e. The van der Waals surface area contributed by atoms with Gasteiger partial charge in [-0.25, -0.2) is 0 Å². The Morgan fingerprint density at radius 1 is 1.03 bits per heavy atom. The summed E-state index contributed by atoms with van der Waals surface area (Å²) in [6.45, 7) is 11.0. The summed E-state index contributed by atoms with van der Waals surface area (Å²) in [5.41, 5.74) is 11.3. The Labute approximate surface area is 211 Å². The Kier molecular flexibility index (Phi) is 8.32. The third-order valence-electron chi connectivity index (χ3n) is 6.94. The number of aliphatic imine (C=N–C) groups is 1. The summed E-state index contributed by atoms with van der Waals surface area (Å²) in [4.78, 5) is 4.76. The van der Waals surface area contributed by atoms with Gasteiger partial charge in [0, 0.05) is 11.9 Å². The van der Waals surface area contributed by atoms with E-state index in [0.717, 1.165) is 37.7 Å². The molecule has 1 heteroatoms. The van der Waals surface area contributed by atoms with Gasteiger partial charge in [0.1, 0.15) is 0 Å². The summed E-state index contributed by atoms with van der Waals surface area (Å²) < 4.78 is 0. The molecule has 1 aliphatic heterocycles. The van der Waals surface area contributed by atoms with Gasteiger partial charge in [0.25, 0.3) is 0 Å². The summed E-state index contributed by atoms with van der Waals surface area (Å²) in [5, 5.41) is 0. The average molecular weight is 460 g/mol. The summed E-state index contributed by atoms with van der Waals surface area (Å²) in [5.74, 6) is 0.411. The number of rotatable bonds is 8. The van der Waals surface area contributed by atoms with Crippen molar-refractivity contribution in [3.63, 3.8) is 0 Å². The molecule has 1 heterocycles. The van der Waals surface area contributed by atoms with Crippen LogP contribution in [0.2, 0.25) is 0 Å². The smallest absolute Gasteiger partial charge is 0.0481 e. The van der Waals surface area contributed by atoms with Crippen LogP contribution in [0.4, 0.5) is 0 Å². The van der Waals surface area contributed by atoms with Crippen LogP contribution in [0.15, 0.2) is 119 Å². The average Bonchev–Trinajstić information content (AvgIpc) is 2.89. The van der Waals surface area contributed by atoms with Crippen molar-refractivity contribution in [1.82, 2.24) is 0 Å². The van der Waals surface area contributed by atoms with Crippen molar-refractivity contribution in [3.8, 4) is 0 Å². The molecule has 0 N–H and O–H groups in total. The number of nitrogens with zero attached hydrogens (tertiary/aromatic N) is 1. The highest BCUT2D eigenvalue weighted by molar-refractivity contribution is 6.02. The van der Waals surface area contributed by atoms with Crippen LogP contribution in [0, 0.1) is 6.92 Å². The zero-order chi connectivity index (χ0) is 24.6. The van der Waals surface area contributed by atoms with Crippen molar-refractivity contribution in [2.75, 3.05) is 0 Å². The van der Waals surface area contributed by atoms with Crippen LogP contribution < -0.4 is 0 Å². The zero-order valence-corrected chi connectivity index (χ0v) is 21.4. The highest BCUT2D eigenvalue weighted by Crippen LogP contribution is 2.29. The molecule has 0 saturated heterocycles. The second kappa shape index (κ2) is 11.8. The molecule has 0 spiro atoms. The molecule has 1 unspecified atom stereocenters. The summed E-state index contributed by atoms with van der Waals surface area (Å²) in [6.07, 6.45) is 21.1.